The Labute approximate surface area is 179 Å². The van der Waals surface area contributed by atoms with Crippen LogP contribution in [0.1, 0.15) is 18.1 Å². The van der Waals surface area contributed by atoms with E-state index < -0.39 is 42.2 Å². The van der Waals surface area contributed by atoms with Crippen LogP contribution in [0.2, 0.25) is 0 Å². The van der Waals surface area contributed by atoms with Crippen molar-refractivity contribution in [2.75, 3.05) is 0 Å². The molecule has 2 unspecified atom stereocenters. The highest BCUT2D eigenvalue weighted by Gasteiger charge is 2.44. The third kappa shape index (κ3) is 6.30. The van der Waals surface area contributed by atoms with Crippen molar-refractivity contribution in [3.05, 3.63) is 71.8 Å². The Morgan fingerprint density at radius 2 is 1.61 bits per heavy atom. The van der Waals surface area contributed by atoms with Gasteiger partial charge in [0, 0.05) is 13.3 Å². The van der Waals surface area contributed by atoms with Crippen molar-refractivity contribution in [1.82, 2.24) is 16.0 Å². The van der Waals surface area contributed by atoms with Crippen molar-refractivity contribution in [3.8, 4) is 0 Å². The zero-order valence-electron chi connectivity index (χ0n) is 16.9. The highest BCUT2D eigenvalue weighted by molar-refractivity contribution is 5.95. The summed E-state index contributed by atoms with van der Waals surface area (Å²) in [6.45, 7) is 1.25. The molecule has 162 valence electrons. The molecule has 0 aliphatic carbocycles. The van der Waals surface area contributed by atoms with Crippen molar-refractivity contribution in [2.45, 2.75) is 38.3 Å². The predicted molar refractivity (Wildman–Crippen MR) is 109 cm³/mol. The van der Waals surface area contributed by atoms with Crippen LogP contribution in [0, 0.1) is 0 Å². The molecule has 9 nitrogen and oxygen atoms in total. The van der Waals surface area contributed by atoms with Gasteiger partial charge in [-0.05, 0) is 11.1 Å². The predicted octanol–water partition coefficient (Wildman–Crippen LogP) is 1.03. The molecule has 2 aromatic carbocycles. The summed E-state index contributed by atoms with van der Waals surface area (Å²) >= 11 is 0. The van der Waals surface area contributed by atoms with Gasteiger partial charge in [0.1, 0.15) is 12.6 Å². The van der Waals surface area contributed by atoms with E-state index >= 15 is 0 Å². The van der Waals surface area contributed by atoms with Gasteiger partial charge in [-0.2, -0.15) is 0 Å². The molecule has 3 rings (SSSR count). The molecule has 0 radical (unpaired) electrons. The zero-order valence-corrected chi connectivity index (χ0v) is 16.9. The molecule has 3 N–H and O–H groups in total. The normalized spacial score (nSPS) is 18.0. The highest BCUT2D eigenvalue weighted by atomic mass is 16.6. The highest BCUT2D eigenvalue weighted by Crippen LogP contribution is 2.10. The Bertz CT molecular complexity index is 935. The minimum absolute atomic E-state index is 0.0475. The minimum Gasteiger partial charge on any atom is -0.445 e. The first kappa shape index (κ1) is 21.8. The third-order valence-corrected chi connectivity index (χ3v) is 4.56. The lowest BCUT2D eigenvalue weighted by Crippen LogP contribution is -2.71. The topological polar surface area (TPSA) is 123 Å². The molecular weight excluding hydrogens is 402 g/mol. The number of rotatable bonds is 8. The number of amides is 3. The quantitative estimate of drug-likeness (QED) is 0.429. The number of esters is 1. The van der Waals surface area contributed by atoms with E-state index in [1.54, 1.807) is 0 Å². The number of hydrogen-bond acceptors (Lipinski definition) is 6. The SMILES string of the molecule is CC(=O)OC1NC(=O)C1NC(=O)[C@H](Cc1ccccc1)NC(=O)OCc1ccccc1. The van der Waals surface area contributed by atoms with Gasteiger partial charge >= 0.3 is 12.1 Å². The average molecular weight is 425 g/mol. The Morgan fingerprint density at radius 1 is 1.00 bits per heavy atom. The molecule has 0 saturated carbocycles. The van der Waals surface area contributed by atoms with Gasteiger partial charge in [-0.15, -0.1) is 0 Å². The lowest BCUT2D eigenvalue weighted by atomic mass is 10.0. The van der Waals surface area contributed by atoms with Crippen LogP contribution in [-0.2, 0) is 36.9 Å². The lowest BCUT2D eigenvalue weighted by Gasteiger charge is -2.36. The summed E-state index contributed by atoms with van der Waals surface area (Å²) in [6, 6.07) is 16.2. The molecule has 1 heterocycles. The minimum atomic E-state index is -1.03. The molecule has 0 bridgehead atoms. The Hall–Kier alpha value is -3.88. The number of alkyl carbamates (subject to hydrolysis) is 1. The molecule has 3 atom stereocenters. The number of benzene rings is 2. The molecule has 3 amide bonds. The first-order chi connectivity index (χ1) is 14.9. The van der Waals surface area contributed by atoms with E-state index in [2.05, 4.69) is 16.0 Å². The van der Waals surface area contributed by atoms with Crippen molar-refractivity contribution in [2.24, 2.45) is 0 Å². The van der Waals surface area contributed by atoms with E-state index in [0.717, 1.165) is 11.1 Å². The molecule has 31 heavy (non-hydrogen) atoms. The summed E-state index contributed by atoms with van der Waals surface area (Å²) in [4.78, 5) is 48.1. The summed E-state index contributed by atoms with van der Waals surface area (Å²) < 4.78 is 10.1. The summed E-state index contributed by atoms with van der Waals surface area (Å²) in [5.74, 6) is -1.67. The summed E-state index contributed by atoms with van der Waals surface area (Å²) in [5, 5.41) is 7.46. The van der Waals surface area contributed by atoms with Crippen molar-refractivity contribution < 1.29 is 28.7 Å². The average Bonchev–Trinajstić information content (AvgIpc) is 2.76. The monoisotopic (exact) mass is 425 g/mol. The van der Waals surface area contributed by atoms with Gasteiger partial charge in [0.05, 0.1) is 0 Å². The standard InChI is InChI=1S/C22H23N3O6/c1-14(26)31-21-18(20(28)25-21)24-19(27)17(12-15-8-4-2-5-9-15)23-22(29)30-13-16-10-6-3-7-11-16/h2-11,17-18,21H,12-13H2,1H3,(H,23,29)(H,24,27)(H,25,28)/t17-,18?,21?/m0/s1. The number of ether oxygens (including phenoxy) is 2. The number of β-lactam (4-membered cyclic amide) rings is 1. The van der Waals surface area contributed by atoms with Crippen LogP contribution in [0.3, 0.4) is 0 Å². The van der Waals surface area contributed by atoms with Crippen LogP contribution >= 0.6 is 0 Å². The van der Waals surface area contributed by atoms with Gasteiger partial charge in [-0.25, -0.2) is 4.79 Å². The van der Waals surface area contributed by atoms with Crippen LogP contribution in [0.15, 0.2) is 60.7 Å². The van der Waals surface area contributed by atoms with Crippen molar-refractivity contribution >= 4 is 23.9 Å². The smallest absolute Gasteiger partial charge is 0.408 e. The first-order valence-electron chi connectivity index (χ1n) is 9.71. The molecular formula is C22H23N3O6. The van der Waals surface area contributed by atoms with E-state index in [9.17, 15) is 19.2 Å². The largest absolute Gasteiger partial charge is 0.445 e. The van der Waals surface area contributed by atoms with Crippen molar-refractivity contribution in [3.63, 3.8) is 0 Å². The van der Waals surface area contributed by atoms with E-state index in [0.29, 0.717) is 0 Å². The van der Waals surface area contributed by atoms with Crippen LogP contribution in [0.5, 0.6) is 0 Å². The lowest BCUT2D eigenvalue weighted by molar-refractivity contribution is -0.164. The van der Waals surface area contributed by atoms with Gasteiger partial charge < -0.3 is 25.4 Å². The molecule has 2 aromatic rings. The zero-order chi connectivity index (χ0) is 22.2. The van der Waals surface area contributed by atoms with Gasteiger partial charge in [0.25, 0.3) is 5.91 Å². The van der Waals surface area contributed by atoms with Gasteiger partial charge in [-0.3, -0.25) is 14.4 Å². The fourth-order valence-corrected chi connectivity index (χ4v) is 2.99. The second-order valence-corrected chi connectivity index (χ2v) is 6.97. The fourth-order valence-electron chi connectivity index (χ4n) is 2.99. The van der Waals surface area contributed by atoms with E-state index in [4.69, 9.17) is 9.47 Å². The molecule has 0 spiro atoms. The maximum atomic E-state index is 12.8. The van der Waals surface area contributed by atoms with E-state index in [-0.39, 0.29) is 13.0 Å². The van der Waals surface area contributed by atoms with Crippen molar-refractivity contribution in [1.29, 1.82) is 0 Å². The third-order valence-electron chi connectivity index (χ3n) is 4.56. The van der Waals surface area contributed by atoms with Gasteiger partial charge in [0.2, 0.25) is 12.1 Å². The second kappa shape index (κ2) is 10.2. The fraction of sp³-hybridized carbons (Fsp3) is 0.273. The number of carbonyl (C=O) groups is 4. The van der Waals surface area contributed by atoms with Crippen LogP contribution in [0.4, 0.5) is 4.79 Å². The molecule has 1 aliphatic heterocycles. The van der Waals surface area contributed by atoms with Crippen LogP contribution in [-0.4, -0.2) is 42.2 Å². The Kier molecular flexibility index (Phi) is 7.21. The van der Waals surface area contributed by atoms with E-state index in [1.807, 2.05) is 60.7 Å². The summed E-state index contributed by atoms with van der Waals surface area (Å²) in [6.07, 6.45) is -1.54. The number of nitrogens with one attached hydrogen (secondary N) is 3. The molecule has 1 fully saturated rings. The summed E-state index contributed by atoms with van der Waals surface area (Å²) in [5.41, 5.74) is 1.61. The Balaban J connectivity index is 1.64. The van der Waals surface area contributed by atoms with Crippen LogP contribution < -0.4 is 16.0 Å². The second-order valence-electron chi connectivity index (χ2n) is 6.97. The maximum absolute atomic E-state index is 12.8. The molecule has 1 saturated heterocycles. The summed E-state index contributed by atoms with van der Waals surface area (Å²) in [7, 11) is 0. The van der Waals surface area contributed by atoms with Gasteiger partial charge in [-0.1, -0.05) is 60.7 Å². The van der Waals surface area contributed by atoms with E-state index in [1.165, 1.54) is 6.92 Å². The number of hydrogen-bond donors (Lipinski definition) is 3. The molecule has 9 heteroatoms. The maximum Gasteiger partial charge on any atom is 0.408 e. The Morgan fingerprint density at radius 3 is 2.19 bits per heavy atom. The first-order valence-corrected chi connectivity index (χ1v) is 9.71. The molecule has 1 aliphatic rings. The molecule has 0 aromatic heterocycles. The number of carbonyl (C=O) groups excluding carboxylic acids is 4. The van der Waals surface area contributed by atoms with Gasteiger partial charge in [0.15, 0.2) is 6.04 Å². The van der Waals surface area contributed by atoms with Crippen LogP contribution in [0.25, 0.3) is 0 Å².